The van der Waals surface area contributed by atoms with Gasteiger partial charge in [-0.2, -0.15) is 0 Å². The molecule has 1 aromatic rings. The third-order valence-electron chi connectivity index (χ3n) is 2.74. The smallest absolute Gasteiger partial charge is 0.265 e. The van der Waals surface area contributed by atoms with Crippen LogP contribution < -0.4 is 4.74 Å². The van der Waals surface area contributed by atoms with Crippen LogP contribution in [0.2, 0.25) is 0 Å². The van der Waals surface area contributed by atoms with E-state index in [0.29, 0.717) is 18.6 Å². The summed E-state index contributed by atoms with van der Waals surface area (Å²) >= 11 is 0. The lowest BCUT2D eigenvalue weighted by Crippen LogP contribution is -2.25. The summed E-state index contributed by atoms with van der Waals surface area (Å²) in [6.07, 6.45) is 0.377. The summed E-state index contributed by atoms with van der Waals surface area (Å²) in [5, 5.41) is 0. The first-order valence-corrected chi connectivity index (χ1v) is 7.99. The lowest BCUT2D eigenvalue weighted by Gasteiger charge is -2.23. The molecule has 0 bridgehead atoms. The number of methoxy groups -OCH3 is 1. The highest BCUT2D eigenvalue weighted by Crippen LogP contribution is 2.31. The number of benzene rings is 1. The molecule has 0 atom stereocenters. The van der Waals surface area contributed by atoms with Crippen LogP contribution in [0.3, 0.4) is 0 Å². The Labute approximate surface area is 121 Å². The van der Waals surface area contributed by atoms with Gasteiger partial charge in [0.1, 0.15) is 10.7 Å². The molecular weight excluding hydrogens is 314 g/mol. The van der Waals surface area contributed by atoms with Crippen molar-refractivity contribution >= 4 is 19.7 Å². The van der Waals surface area contributed by atoms with Gasteiger partial charge in [-0.05, 0) is 19.9 Å². The van der Waals surface area contributed by atoms with Gasteiger partial charge in [0.05, 0.1) is 12.2 Å². The third-order valence-corrected chi connectivity index (χ3v) is 4.07. The Morgan fingerprint density at radius 3 is 2.40 bits per heavy atom. The predicted octanol–water partition coefficient (Wildman–Crippen LogP) is 3.09. The molecule has 0 aliphatic rings. The van der Waals surface area contributed by atoms with Gasteiger partial charge in [-0.1, -0.05) is 0 Å². The van der Waals surface area contributed by atoms with Crippen LogP contribution in [-0.2, 0) is 13.8 Å². The van der Waals surface area contributed by atoms with Crippen LogP contribution in [-0.4, -0.2) is 27.7 Å². The standard InChI is InChI=1S/C12H15ClF2O4S/c1-12(2,18-3)4-5-19-11-9(15)6-8(14)7-10(11)20(13,16)17/h6-7H,4-5H2,1-3H3. The molecule has 0 aliphatic carbocycles. The van der Waals surface area contributed by atoms with Crippen LogP contribution in [0.5, 0.6) is 5.75 Å². The maximum atomic E-state index is 13.6. The highest BCUT2D eigenvalue weighted by atomic mass is 35.7. The van der Waals surface area contributed by atoms with Gasteiger partial charge in [-0.15, -0.1) is 0 Å². The zero-order chi connectivity index (χ0) is 15.6. The molecule has 1 rings (SSSR count). The van der Waals surface area contributed by atoms with E-state index in [2.05, 4.69) is 0 Å². The molecule has 0 unspecified atom stereocenters. The molecule has 0 amide bonds. The molecule has 0 radical (unpaired) electrons. The molecule has 1 aromatic carbocycles. The largest absolute Gasteiger partial charge is 0.489 e. The van der Waals surface area contributed by atoms with E-state index in [-0.39, 0.29) is 6.61 Å². The summed E-state index contributed by atoms with van der Waals surface area (Å²) in [4.78, 5) is -0.730. The third kappa shape index (κ3) is 4.57. The van der Waals surface area contributed by atoms with Gasteiger partial charge in [-0.25, -0.2) is 17.2 Å². The topological polar surface area (TPSA) is 52.6 Å². The highest BCUT2D eigenvalue weighted by Gasteiger charge is 2.24. The second-order valence-electron chi connectivity index (χ2n) is 4.71. The van der Waals surface area contributed by atoms with Gasteiger partial charge in [-0.3, -0.25) is 0 Å². The van der Waals surface area contributed by atoms with Crippen molar-refractivity contribution in [3.05, 3.63) is 23.8 Å². The van der Waals surface area contributed by atoms with Crippen LogP contribution in [0, 0.1) is 11.6 Å². The monoisotopic (exact) mass is 328 g/mol. The molecule has 20 heavy (non-hydrogen) atoms. The maximum Gasteiger partial charge on any atom is 0.265 e. The van der Waals surface area contributed by atoms with E-state index < -0.39 is 36.9 Å². The Balaban J connectivity index is 3.01. The number of hydrogen-bond acceptors (Lipinski definition) is 4. The van der Waals surface area contributed by atoms with E-state index in [0.717, 1.165) is 0 Å². The van der Waals surface area contributed by atoms with Crippen LogP contribution in [0.25, 0.3) is 0 Å². The number of ether oxygens (including phenoxy) is 2. The van der Waals surface area contributed by atoms with Crippen LogP contribution in [0.1, 0.15) is 20.3 Å². The molecule has 0 N–H and O–H groups in total. The molecule has 4 nitrogen and oxygen atoms in total. The second kappa shape index (κ2) is 6.24. The number of hydrogen-bond donors (Lipinski definition) is 0. The molecule has 0 aromatic heterocycles. The van der Waals surface area contributed by atoms with Crippen molar-refractivity contribution in [2.24, 2.45) is 0 Å². The fourth-order valence-corrected chi connectivity index (χ4v) is 2.33. The summed E-state index contributed by atoms with van der Waals surface area (Å²) in [5.41, 5.74) is -0.517. The summed E-state index contributed by atoms with van der Waals surface area (Å²) in [5.74, 6) is -2.76. The molecule has 0 spiro atoms. The van der Waals surface area contributed by atoms with Gasteiger partial charge in [0.25, 0.3) is 9.05 Å². The van der Waals surface area contributed by atoms with Crippen molar-refractivity contribution < 1.29 is 26.7 Å². The zero-order valence-corrected chi connectivity index (χ0v) is 12.8. The van der Waals surface area contributed by atoms with Gasteiger partial charge >= 0.3 is 0 Å². The molecule has 114 valence electrons. The molecule has 0 fully saturated rings. The first-order valence-electron chi connectivity index (χ1n) is 5.68. The summed E-state index contributed by atoms with van der Waals surface area (Å²) < 4.78 is 59.5. The van der Waals surface area contributed by atoms with Gasteiger partial charge in [0.2, 0.25) is 0 Å². The van der Waals surface area contributed by atoms with E-state index in [1.165, 1.54) is 7.11 Å². The van der Waals surface area contributed by atoms with E-state index in [4.69, 9.17) is 20.2 Å². The summed E-state index contributed by atoms with van der Waals surface area (Å²) in [6.45, 7) is 3.57. The van der Waals surface area contributed by atoms with Gasteiger partial charge in [0, 0.05) is 30.3 Å². The van der Waals surface area contributed by atoms with Crippen molar-refractivity contribution in [1.82, 2.24) is 0 Å². The number of halogens is 3. The minimum Gasteiger partial charge on any atom is -0.489 e. The Morgan fingerprint density at radius 2 is 1.90 bits per heavy atom. The van der Waals surface area contributed by atoms with E-state index in [1.807, 2.05) is 0 Å². The van der Waals surface area contributed by atoms with Crippen molar-refractivity contribution in [1.29, 1.82) is 0 Å². The summed E-state index contributed by atoms with van der Waals surface area (Å²) in [7, 11) is 2.33. The number of rotatable bonds is 6. The van der Waals surface area contributed by atoms with Crippen LogP contribution >= 0.6 is 10.7 Å². The normalized spacial score (nSPS) is 12.5. The van der Waals surface area contributed by atoms with E-state index in [9.17, 15) is 17.2 Å². The lowest BCUT2D eigenvalue weighted by molar-refractivity contribution is 0.00487. The van der Waals surface area contributed by atoms with Crippen molar-refractivity contribution in [2.75, 3.05) is 13.7 Å². The highest BCUT2D eigenvalue weighted by molar-refractivity contribution is 8.13. The first kappa shape index (κ1) is 17.1. The van der Waals surface area contributed by atoms with Crippen LogP contribution in [0.15, 0.2) is 17.0 Å². The Bertz CT molecular complexity index is 587. The van der Waals surface area contributed by atoms with E-state index >= 15 is 0 Å². The van der Waals surface area contributed by atoms with Crippen LogP contribution in [0.4, 0.5) is 8.78 Å². The Kier molecular flexibility index (Phi) is 5.34. The molecule has 0 saturated carbocycles. The Morgan fingerprint density at radius 1 is 1.30 bits per heavy atom. The van der Waals surface area contributed by atoms with Crippen molar-refractivity contribution in [2.45, 2.75) is 30.8 Å². The van der Waals surface area contributed by atoms with Gasteiger partial charge < -0.3 is 9.47 Å². The SMILES string of the molecule is COC(C)(C)CCOc1c(F)cc(F)cc1S(=O)(=O)Cl. The van der Waals surface area contributed by atoms with Gasteiger partial charge in [0.15, 0.2) is 11.6 Å². The lowest BCUT2D eigenvalue weighted by atomic mass is 10.1. The average Bonchev–Trinajstić information content (AvgIpc) is 2.30. The van der Waals surface area contributed by atoms with Crippen molar-refractivity contribution in [3.8, 4) is 5.75 Å². The zero-order valence-electron chi connectivity index (χ0n) is 11.2. The molecule has 8 heteroatoms. The molecule has 0 aliphatic heterocycles. The molecular formula is C12H15ClF2O4S. The predicted molar refractivity (Wildman–Crippen MR) is 70.6 cm³/mol. The minimum absolute atomic E-state index is 0.0111. The molecule has 0 saturated heterocycles. The van der Waals surface area contributed by atoms with Crippen molar-refractivity contribution in [3.63, 3.8) is 0 Å². The fourth-order valence-electron chi connectivity index (χ4n) is 1.36. The maximum absolute atomic E-state index is 13.6. The fraction of sp³-hybridized carbons (Fsp3) is 0.500. The van der Waals surface area contributed by atoms with E-state index in [1.54, 1.807) is 13.8 Å². The minimum atomic E-state index is -4.31. The average molecular weight is 329 g/mol. The summed E-state index contributed by atoms with van der Waals surface area (Å²) in [6, 6.07) is 1.14. The second-order valence-corrected chi connectivity index (χ2v) is 7.25. The quantitative estimate of drug-likeness (QED) is 0.753. The molecule has 0 heterocycles. The first-order chi connectivity index (χ1) is 9.07. The Hall–Kier alpha value is -0.920.